The van der Waals surface area contributed by atoms with Gasteiger partial charge in [0.2, 0.25) is 11.8 Å². The first-order valence-electron chi connectivity index (χ1n) is 12.6. The van der Waals surface area contributed by atoms with Crippen LogP contribution in [-0.2, 0) is 16.0 Å². The van der Waals surface area contributed by atoms with Crippen LogP contribution in [-0.4, -0.2) is 94.1 Å². The third-order valence-corrected chi connectivity index (χ3v) is 6.58. The largest absolute Gasteiger partial charge is 0.354 e. The molecule has 2 aliphatic rings. The van der Waals surface area contributed by atoms with E-state index < -0.39 is 23.3 Å². The van der Waals surface area contributed by atoms with Crippen molar-refractivity contribution in [3.63, 3.8) is 0 Å². The lowest BCUT2D eigenvalue weighted by molar-refractivity contribution is -0.137. The Bertz CT molecular complexity index is 1230. The summed E-state index contributed by atoms with van der Waals surface area (Å²) in [5.74, 6) is -0.215. The number of nitrogens with one attached hydrogen (secondary N) is 3. The Kier molecular flexibility index (Phi) is 8.09. The molecule has 7 N–H and O–H groups in total. The lowest BCUT2D eigenvalue weighted by Crippen LogP contribution is -2.59. The number of nitrogens with zero attached hydrogens (tertiary/aromatic N) is 4. The minimum atomic E-state index is -0.963. The van der Waals surface area contributed by atoms with Gasteiger partial charge in [0.25, 0.3) is 0 Å². The summed E-state index contributed by atoms with van der Waals surface area (Å²) in [5.41, 5.74) is 11.9. The number of carbonyl (C=O) groups is 3. The van der Waals surface area contributed by atoms with Gasteiger partial charge in [-0.05, 0) is 44.0 Å². The minimum Gasteiger partial charge on any atom is -0.349 e. The summed E-state index contributed by atoms with van der Waals surface area (Å²) in [7, 11) is 0. The predicted molar refractivity (Wildman–Crippen MR) is 142 cm³/mol. The highest BCUT2D eigenvalue weighted by Crippen LogP contribution is 2.12. The summed E-state index contributed by atoms with van der Waals surface area (Å²) in [5, 5.41) is 8.64. The average Bonchev–Trinajstić information content (AvgIpc) is 2.86. The van der Waals surface area contributed by atoms with Crippen molar-refractivity contribution in [3.8, 4) is 5.69 Å². The maximum atomic E-state index is 12.7. The minimum absolute atomic E-state index is 0.132. The second-order valence-electron chi connectivity index (χ2n) is 10.2. The molecule has 3 heterocycles. The number of rotatable bonds is 7. The van der Waals surface area contributed by atoms with E-state index in [9.17, 15) is 19.2 Å². The van der Waals surface area contributed by atoms with Gasteiger partial charge >= 0.3 is 11.7 Å². The zero-order valence-electron chi connectivity index (χ0n) is 21.6. The third kappa shape index (κ3) is 6.54. The Labute approximate surface area is 220 Å². The number of hydrogen-bond acceptors (Lipinski definition) is 8. The first-order chi connectivity index (χ1) is 18.0. The number of piperazine rings is 1. The summed E-state index contributed by atoms with van der Waals surface area (Å²) in [6.07, 6.45) is 1.91. The van der Waals surface area contributed by atoms with Gasteiger partial charge in [0, 0.05) is 45.5 Å². The molecule has 13 nitrogen and oxygen atoms in total. The second-order valence-corrected chi connectivity index (χ2v) is 10.2. The molecule has 0 spiro atoms. The molecule has 2 fully saturated rings. The van der Waals surface area contributed by atoms with Crippen LogP contribution in [0.1, 0.15) is 19.4 Å². The van der Waals surface area contributed by atoms with Crippen LogP contribution in [0.2, 0.25) is 0 Å². The first kappa shape index (κ1) is 27.2. The van der Waals surface area contributed by atoms with Crippen molar-refractivity contribution in [2.75, 3.05) is 44.6 Å². The van der Waals surface area contributed by atoms with Gasteiger partial charge in [-0.2, -0.15) is 4.98 Å². The van der Waals surface area contributed by atoms with E-state index in [1.807, 2.05) is 12.1 Å². The van der Waals surface area contributed by atoms with Crippen LogP contribution >= 0.6 is 0 Å². The zero-order valence-corrected chi connectivity index (χ0v) is 21.6. The lowest BCUT2D eigenvalue weighted by atomic mass is 10.0. The fourth-order valence-electron chi connectivity index (χ4n) is 4.22. The van der Waals surface area contributed by atoms with Crippen molar-refractivity contribution >= 4 is 23.7 Å². The van der Waals surface area contributed by atoms with Crippen molar-refractivity contribution in [3.05, 3.63) is 52.6 Å². The van der Waals surface area contributed by atoms with Crippen molar-refractivity contribution in [1.82, 2.24) is 30.0 Å². The Hall–Kier alpha value is -3.81. The molecule has 4 rings (SSSR count). The summed E-state index contributed by atoms with van der Waals surface area (Å²) >= 11 is 0. The van der Waals surface area contributed by atoms with E-state index in [-0.39, 0.29) is 23.7 Å². The molecule has 2 saturated heterocycles. The zero-order chi connectivity index (χ0) is 27.4. The standard InChI is InChI=1S/C25H35N9O4/c1-25(2,27)22(36)32-9-11-33(12-10-32)23(37)30-20-7-8-34(24(38)31-20)18-5-3-16(4-6-18)13-19(26)21(35)29-17-14-28-15-17/h3-8,17,19,28H,9-15,26-27H2,1-2H3,(H,29,35)(H,30,31,37,38)/t19-/m0/s1. The molecule has 0 aliphatic carbocycles. The van der Waals surface area contributed by atoms with Gasteiger partial charge in [0.15, 0.2) is 0 Å². The topological polar surface area (TPSA) is 181 Å². The van der Waals surface area contributed by atoms with Gasteiger partial charge < -0.3 is 31.9 Å². The first-order valence-corrected chi connectivity index (χ1v) is 12.6. The van der Waals surface area contributed by atoms with Crippen LogP contribution < -0.4 is 33.1 Å². The van der Waals surface area contributed by atoms with Crippen LogP contribution in [0.5, 0.6) is 0 Å². The van der Waals surface area contributed by atoms with Crippen LogP contribution in [0.3, 0.4) is 0 Å². The lowest BCUT2D eigenvalue weighted by Gasteiger charge is -2.37. The van der Waals surface area contributed by atoms with Crippen LogP contribution in [0.25, 0.3) is 5.69 Å². The predicted octanol–water partition coefficient (Wildman–Crippen LogP) is -1.40. The van der Waals surface area contributed by atoms with E-state index in [1.165, 1.54) is 10.8 Å². The second kappa shape index (κ2) is 11.3. The number of nitrogens with two attached hydrogens (primary N) is 2. The summed E-state index contributed by atoms with van der Waals surface area (Å²) in [6.45, 7) is 6.28. The Morgan fingerprint density at radius 3 is 2.26 bits per heavy atom. The van der Waals surface area contributed by atoms with Gasteiger partial charge in [-0.3, -0.25) is 19.5 Å². The highest BCUT2D eigenvalue weighted by Gasteiger charge is 2.31. The molecule has 0 radical (unpaired) electrons. The van der Waals surface area contributed by atoms with Crippen LogP contribution in [0.15, 0.2) is 41.3 Å². The van der Waals surface area contributed by atoms with E-state index in [2.05, 4.69) is 20.9 Å². The molecule has 13 heteroatoms. The van der Waals surface area contributed by atoms with Gasteiger partial charge in [0.1, 0.15) is 5.82 Å². The molecule has 1 aromatic heterocycles. The van der Waals surface area contributed by atoms with Crippen molar-refractivity contribution in [2.24, 2.45) is 11.5 Å². The fraction of sp³-hybridized carbons (Fsp3) is 0.480. The number of benzene rings is 1. The number of anilines is 1. The Morgan fingerprint density at radius 2 is 1.71 bits per heavy atom. The molecule has 1 atom stereocenters. The van der Waals surface area contributed by atoms with Crippen molar-refractivity contribution in [1.29, 1.82) is 0 Å². The van der Waals surface area contributed by atoms with Crippen molar-refractivity contribution in [2.45, 2.75) is 37.9 Å². The fourth-order valence-corrected chi connectivity index (χ4v) is 4.22. The summed E-state index contributed by atoms with van der Waals surface area (Å²) in [4.78, 5) is 57.0. The monoisotopic (exact) mass is 525 g/mol. The molecule has 38 heavy (non-hydrogen) atoms. The maximum Gasteiger partial charge on any atom is 0.354 e. The van der Waals surface area contributed by atoms with E-state index in [0.717, 1.165) is 18.7 Å². The summed E-state index contributed by atoms with van der Waals surface area (Å²) in [6, 6.07) is 7.74. The third-order valence-electron chi connectivity index (χ3n) is 6.58. The molecule has 1 aromatic carbocycles. The SMILES string of the molecule is CC(C)(N)C(=O)N1CCN(C(=O)Nc2ccn(-c3ccc(C[C@H](N)C(=O)NC4CNC4)cc3)c(=O)n2)CC1. The van der Waals surface area contributed by atoms with E-state index in [4.69, 9.17) is 11.5 Å². The molecule has 2 aliphatic heterocycles. The molecule has 0 unspecified atom stereocenters. The number of urea groups is 1. The van der Waals surface area contributed by atoms with Gasteiger partial charge in [-0.15, -0.1) is 0 Å². The van der Waals surface area contributed by atoms with E-state index >= 15 is 0 Å². The average molecular weight is 526 g/mol. The molecule has 0 saturated carbocycles. The molecule has 204 valence electrons. The van der Waals surface area contributed by atoms with Gasteiger partial charge in [-0.25, -0.2) is 9.59 Å². The van der Waals surface area contributed by atoms with Gasteiger partial charge in [0.05, 0.1) is 23.3 Å². The maximum absolute atomic E-state index is 12.7. The number of aromatic nitrogens is 2. The number of amides is 4. The molecule has 2 aromatic rings. The van der Waals surface area contributed by atoms with Crippen LogP contribution in [0.4, 0.5) is 10.6 Å². The Morgan fingerprint density at radius 1 is 1.08 bits per heavy atom. The smallest absolute Gasteiger partial charge is 0.349 e. The van der Waals surface area contributed by atoms with E-state index in [0.29, 0.717) is 38.3 Å². The van der Waals surface area contributed by atoms with E-state index in [1.54, 1.807) is 41.8 Å². The highest BCUT2D eigenvalue weighted by atomic mass is 16.2. The number of hydrogen-bond donors (Lipinski definition) is 5. The molecular formula is C25H35N9O4. The quantitative estimate of drug-likeness (QED) is 0.293. The van der Waals surface area contributed by atoms with Crippen molar-refractivity contribution < 1.29 is 14.4 Å². The molecular weight excluding hydrogens is 490 g/mol. The number of carbonyl (C=O) groups excluding carboxylic acids is 3. The summed E-state index contributed by atoms with van der Waals surface area (Å²) < 4.78 is 1.36. The van der Waals surface area contributed by atoms with Gasteiger partial charge in [-0.1, -0.05) is 12.1 Å². The molecule has 0 bridgehead atoms. The highest BCUT2D eigenvalue weighted by molar-refractivity contribution is 5.89. The Balaban J connectivity index is 1.31. The van der Waals surface area contributed by atoms with Crippen LogP contribution in [0, 0.1) is 0 Å². The normalized spacial score (nSPS) is 16.9. The molecule has 4 amide bonds.